The van der Waals surface area contributed by atoms with Gasteiger partial charge in [-0.05, 0) is 18.3 Å². The number of aliphatic carboxylic acids is 1. The molecule has 1 fully saturated rings. The predicted molar refractivity (Wildman–Crippen MR) is 71.9 cm³/mol. The smallest absolute Gasteiger partial charge is 0.303 e. The van der Waals surface area contributed by atoms with Crippen LogP contribution in [0.25, 0.3) is 0 Å². The molecule has 0 radical (unpaired) electrons. The molecule has 1 N–H and O–H groups in total. The zero-order valence-electron chi connectivity index (χ0n) is 11.8. The van der Waals surface area contributed by atoms with Crippen LogP contribution in [0.15, 0.2) is 6.33 Å². The van der Waals surface area contributed by atoms with Crippen LogP contribution in [0.1, 0.15) is 64.2 Å². The fourth-order valence-electron chi connectivity index (χ4n) is 2.96. The van der Waals surface area contributed by atoms with E-state index in [9.17, 15) is 4.79 Å². The van der Waals surface area contributed by atoms with Gasteiger partial charge in [0.05, 0.1) is 6.42 Å². The summed E-state index contributed by atoms with van der Waals surface area (Å²) >= 11 is 0. The largest absolute Gasteiger partial charge is 0.481 e. The number of carboxylic acids is 1. The van der Waals surface area contributed by atoms with E-state index in [1.807, 2.05) is 20.2 Å². The van der Waals surface area contributed by atoms with Gasteiger partial charge in [-0.2, -0.15) is 0 Å². The fourth-order valence-corrected chi connectivity index (χ4v) is 2.96. The van der Waals surface area contributed by atoms with Crippen molar-refractivity contribution in [2.24, 2.45) is 5.41 Å². The van der Waals surface area contributed by atoms with Gasteiger partial charge in [0.15, 0.2) is 0 Å². The van der Waals surface area contributed by atoms with E-state index < -0.39 is 5.97 Å². The highest BCUT2D eigenvalue weighted by Crippen LogP contribution is 2.31. The van der Waals surface area contributed by atoms with Gasteiger partial charge in [0.1, 0.15) is 12.2 Å². The molecule has 1 aliphatic rings. The van der Waals surface area contributed by atoms with Crippen molar-refractivity contribution in [1.82, 2.24) is 14.8 Å². The molecule has 0 atom stereocenters. The highest BCUT2D eigenvalue weighted by molar-refractivity contribution is 5.67. The molecule has 0 saturated heterocycles. The summed E-state index contributed by atoms with van der Waals surface area (Å²) in [7, 11) is 0. The lowest BCUT2D eigenvalue weighted by Gasteiger charge is -2.27. The summed E-state index contributed by atoms with van der Waals surface area (Å²) in [6.07, 6.45) is 8.84. The zero-order chi connectivity index (χ0) is 13.9. The highest BCUT2D eigenvalue weighted by Gasteiger charge is 2.26. The summed E-state index contributed by atoms with van der Waals surface area (Å²) in [4.78, 5) is 10.9. The SMILES string of the molecule is CC(C)(CC(=O)O)Cc1nncn1C1CCCCC1. The monoisotopic (exact) mass is 265 g/mol. The first-order chi connectivity index (χ1) is 8.98. The van der Waals surface area contributed by atoms with E-state index in [2.05, 4.69) is 14.8 Å². The molecule has 5 nitrogen and oxygen atoms in total. The highest BCUT2D eigenvalue weighted by atomic mass is 16.4. The quantitative estimate of drug-likeness (QED) is 0.888. The van der Waals surface area contributed by atoms with Crippen molar-refractivity contribution in [3.63, 3.8) is 0 Å². The van der Waals surface area contributed by atoms with Crippen molar-refractivity contribution in [3.05, 3.63) is 12.2 Å². The third-order valence-electron chi connectivity index (χ3n) is 3.88. The number of carbonyl (C=O) groups is 1. The standard InChI is InChI=1S/C14H23N3O2/c1-14(2,9-13(18)19)8-12-16-15-10-17(12)11-6-4-3-5-7-11/h10-11H,3-9H2,1-2H3,(H,18,19). The number of rotatable bonds is 5. The number of hydrogen-bond donors (Lipinski definition) is 1. The van der Waals surface area contributed by atoms with Crippen molar-refractivity contribution in [2.75, 3.05) is 0 Å². The second kappa shape index (κ2) is 5.72. The molecule has 5 heteroatoms. The molecule has 106 valence electrons. The fraction of sp³-hybridized carbons (Fsp3) is 0.786. The van der Waals surface area contributed by atoms with E-state index in [1.54, 1.807) is 0 Å². The molecule has 0 bridgehead atoms. The molecular formula is C14H23N3O2. The summed E-state index contributed by atoms with van der Waals surface area (Å²) in [5, 5.41) is 17.2. The van der Waals surface area contributed by atoms with E-state index in [0.29, 0.717) is 12.5 Å². The average Bonchev–Trinajstić information content (AvgIpc) is 2.75. The van der Waals surface area contributed by atoms with Crippen LogP contribution < -0.4 is 0 Å². The average molecular weight is 265 g/mol. The van der Waals surface area contributed by atoms with Gasteiger partial charge >= 0.3 is 5.97 Å². The van der Waals surface area contributed by atoms with Crippen LogP contribution >= 0.6 is 0 Å². The lowest BCUT2D eigenvalue weighted by atomic mass is 9.85. The minimum absolute atomic E-state index is 0.157. The van der Waals surface area contributed by atoms with Gasteiger partial charge < -0.3 is 9.67 Å². The van der Waals surface area contributed by atoms with E-state index in [1.165, 1.54) is 32.1 Å². The maximum absolute atomic E-state index is 10.9. The van der Waals surface area contributed by atoms with Gasteiger partial charge in [0, 0.05) is 12.5 Å². The van der Waals surface area contributed by atoms with E-state index >= 15 is 0 Å². The molecule has 0 unspecified atom stereocenters. The van der Waals surface area contributed by atoms with E-state index in [-0.39, 0.29) is 11.8 Å². The molecule has 1 saturated carbocycles. The Hall–Kier alpha value is -1.39. The van der Waals surface area contributed by atoms with Crippen LogP contribution in [0.3, 0.4) is 0 Å². The van der Waals surface area contributed by atoms with Crippen LogP contribution in [0.4, 0.5) is 0 Å². The Morgan fingerprint density at radius 1 is 1.42 bits per heavy atom. The minimum atomic E-state index is -0.756. The molecule has 0 aliphatic heterocycles. The zero-order valence-corrected chi connectivity index (χ0v) is 11.8. The summed E-state index contributed by atoms with van der Waals surface area (Å²) in [6, 6.07) is 0.499. The topological polar surface area (TPSA) is 68.0 Å². The van der Waals surface area contributed by atoms with Crippen molar-refractivity contribution < 1.29 is 9.90 Å². The second-order valence-electron chi connectivity index (χ2n) is 6.36. The van der Waals surface area contributed by atoms with Crippen molar-refractivity contribution >= 4 is 5.97 Å². The molecule has 0 spiro atoms. The van der Waals surface area contributed by atoms with Crippen LogP contribution in [-0.2, 0) is 11.2 Å². The van der Waals surface area contributed by atoms with Gasteiger partial charge in [-0.3, -0.25) is 4.79 Å². The Morgan fingerprint density at radius 3 is 2.74 bits per heavy atom. The molecule has 1 aromatic heterocycles. The lowest BCUT2D eigenvalue weighted by molar-refractivity contribution is -0.139. The number of aromatic nitrogens is 3. The van der Waals surface area contributed by atoms with Crippen LogP contribution in [0.2, 0.25) is 0 Å². The first-order valence-electron chi connectivity index (χ1n) is 7.08. The summed E-state index contributed by atoms with van der Waals surface area (Å²) in [5.74, 6) is 0.173. The molecule has 0 aromatic carbocycles. The van der Waals surface area contributed by atoms with Gasteiger partial charge in [0.25, 0.3) is 0 Å². The Bertz CT molecular complexity index is 434. The van der Waals surface area contributed by atoms with Crippen LogP contribution in [0, 0.1) is 5.41 Å². The molecular weight excluding hydrogens is 242 g/mol. The third-order valence-corrected chi connectivity index (χ3v) is 3.88. The molecule has 1 heterocycles. The Kier molecular flexibility index (Phi) is 4.22. The summed E-state index contributed by atoms with van der Waals surface area (Å²) in [6.45, 7) is 3.95. The lowest BCUT2D eigenvalue weighted by Crippen LogP contribution is -2.23. The van der Waals surface area contributed by atoms with Gasteiger partial charge in [-0.1, -0.05) is 33.1 Å². The van der Waals surface area contributed by atoms with Crippen LogP contribution in [0.5, 0.6) is 0 Å². The first kappa shape index (κ1) is 14.0. The van der Waals surface area contributed by atoms with Crippen molar-refractivity contribution in [1.29, 1.82) is 0 Å². The molecule has 1 aromatic rings. The number of nitrogens with zero attached hydrogens (tertiary/aromatic N) is 3. The van der Waals surface area contributed by atoms with E-state index in [4.69, 9.17) is 5.11 Å². The Morgan fingerprint density at radius 2 is 2.11 bits per heavy atom. The van der Waals surface area contributed by atoms with Gasteiger partial charge in [-0.15, -0.1) is 10.2 Å². The predicted octanol–water partition coefficient (Wildman–Crippen LogP) is 2.83. The number of carboxylic acid groups (broad SMARTS) is 1. The summed E-state index contributed by atoms with van der Waals surface area (Å²) in [5.41, 5.74) is -0.286. The molecule has 0 amide bonds. The maximum Gasteiger partial charge on any atom is 0.303 e. The molecule has 1 aliphatic carbocycles. The first-order valence-corrected chi connectivity index (χ1v) is 7.08. The number of hydrogen-bond acceptors (Lipinski definition) is 3. The van der Waals surface area contributed by atoms with Crippen molar-refractivity contribution in [2.45, 2.75) is 64.8 Å². The van der Waals surface area contributed by atoms with Crippen LogP contribution in [-0.4, -0.2) is 25.8 Å². The third kappa shape index (κ3) is 3.78. The second-order valence-corrected chi connectivity index (χ2v) is 6.36. The molecule has 2 rings (SSSR count). The maximum atomic E-state index is 10.9. The molecule has 19 heavy (non-hydrogen) atoms. The Labute approximate surface area is 114 Å². The normalized spacial score (nSPS) is 17.6. The van der Waals surface area contributed by atoms with Gasteiger partial charge in [-0.25, -0.2) is 0 Å². The summed E-state index contributed by atoms with van der Waals surface area (Å²) < 4.78 is 2.17. The van der Waals surface area contributed by atoms with E-state index in [0.717, 1.165) is 5.82 Å². The van der Waals surface area contributed by atoms with Gasteiger partial charge in [0.2, 0.25) is 0 Å². The van der Waals surface area contributed by atoms with Crippen molar-refractivity contribution in [3.8, 4) is 0 Å². The Balaban J connectivity index is 2.08. The minimum Gasteiger partial charge on any atom is -0.481 e.